The number of rotatable bonds is 2. The molecule has 1 atom stereocenters. The number of piperidine rings is 1. The van der Waals surface area contributed by atoms with Crippen LogP contribution in [0.15, 0.2) is 12.4 Å². The highest BCUT2D eigenvalue weighted by atomic mass is 16.2. The Labute approximate surface area is 124 Å². The highest BCUT2D eigenvalue weighted by molar-refractivity contribution is 5.95. The Morgan fingerprint density at radius 1 is 1.43 bits per heavy atom. The SMILES string of the molecule is Cc1cn[nH]c1[C@H]1CCCN(C(=O)c2cn(C)nc2C)C1. The van der Waals surface area contributed by atoms with Crippen LogP contribution in [0.25, 0.3) is 0 Å². The van der Waals surface area contributed by atoms with Crippen LogP contribution < -0.4 is 0 Å². The van der Waals surface area contributed by atoms with E-state index in [0.29, 0.717) is 11.5 Å². The lowest BCUT2D eigenvalue weighted by molar-refractivity contribution is 0.0705. The fraction of sp³-hybridized carbons (Fsp3) is 0.533. The molecule has 112 valence electrons. The number of carbonyl (C=O) groups excluding carboxylic acids is 1. The number of hydrogen-bond acceptors (Lipinski definition) is 3. The molecular formula is C15H21N5O. The fourth-order valence-electron chi connectivity index (χ4n) is 3.15. The van der Waals surface area contributed by atoms with E-state index in [2.05, 4.69) is 22.2 Å². The van der Waals surface area contributed by atoms with Crippen LogP contribution in [0.3, 0.4) is 0 Å². The quantitative estimate of drug-likeness (QED) is 0.915. The number of H-pyrrole nitrogens is 1. The third-order valence-electron chi connectivity index (χ3n) is 4.23. The van der Waals surface area contributed by atoms with Crippen molar-refractivity contribution >= 4 is 5.91 Å². The summed E-state index contributed by atoms with van der Waals surface area (Å²) in [5.74, 6) is 0.435. The van der Waals surface area contributed by atoms with Gasteiger partial charge in [-0.05, 0) is 32.3 Å². The van der Waals surface area contributed by atoms with E-state index in [1.807, 2.05) is 31.3 Å². The summed E-state index contributed by atoms with van der Waals surface area (Å²) in [6.45, 7) is 5.51. The molecule has 3 rings (SSSR count). The van der Waals surface area contributed by atoms with Crippen LogP contribution in [0.2, 0.25) is 0 Å². The van der Waals surface area contributed by atoms with Gasteiger partial charge < -0.3 is 4.90 Å². The molecule has 0 aromatic carbocycles. The van der Waals surface area contributed by atoms with Crippen molar-refractivity contribution in [1.29, 1.82) is 0 Å². The van der Waals surface area contributed by atoms with Gasteiger partial charge in [-0.15, -0.1) is 0 Å². The number of aromatic amines is 1. The van der Waals surface area contributed by atoms with Gasteiger partial charge in [0, 0.05) is 37.9 Å². The van der Waals surface area contributed by atoms with E-state index in [-0.39, 0.29) is 5.91 Å². The van der Waals surface area contributed by atoms with Gasteiger partial charge in [0.2, 0.25) is 0 Å². The van der Waals surface area contributed by atoms with Crippen molar-refractivity contribution in [2.45, 2.75) is 32.6 Å². The first-order chi connectivity index (χ1) is 10.1. The minimum atomic E-state index is 0.0856. The van der Waals surface area contributed by atoms with Gasteiger partial charge in [-0.3, -0.25) is 14.6 Å². The van der Waals surface area contributed by atoms with Crippen LogP contribution in [-0.4, -0.2) is 43.9 Å². The minimum Gasteiger partial charge on any atom is -0.338 e. The maximum Gasteiger partial charge on any atom is 0.257 e. The van der Waals surface area contributed by atoms with Gasteiger partial charge in [-0.1, -0.05) is 0 Å². The van der Waals surface area contributed by atoms with Crippen molar-refractivity contribution in [3.63, 3.8) is 0 Å². The molecule has 0 aliphatic carbocycles. The van der Waals surface area contributed by atoms with Crippen LogP contribution in [0.4, 0.5) is 0 Å². The molecule has 0 unspecified atom stereocenters. The van der Waals surface area contributed by atoms with Crippen molar-refractivity contribution in [1.82, 2.24) is 24.9 Å². The molecule has 1 aliphatic heterocycles. The Bertz CT molecular complexity index is 657. The standard InChI is InChI=1S/C15H21N5O/c1-10-7-16-17-14(10)12-5-4-6-20(8-12)15(21)13-9-19(3)18-11(13)2/h7,9,12H,4-6,8H2,1-3H3,(H,16,17)/t12-/m0/s1. The molecule has 21 heavy (non-hydrogen) atoms. The number of hydrogen-bond donors (Lipinski definition) is 1. The van der Waals surface area contributed by atoms with Crippen LogP contribution in [0.1, 0.15) is 46.1 Å². The molecule has 1 aliphatic rings. The van der Waals surface area contributed by atoms with Crippen molar-refractivity contribution in [2.75, 3.05) is 13.1 Å². The number of nitrogens with zero attached hydrogens (tertiary/aromatic N) is 4. The number of nitrogens with one attached hydrogen (secondary N) is 1. The predicted octanol–water partition coefficient (Wildman–Crippen LogP) is 1.78. The lowest BCUT2D eigenvalue weighted by atomic mass is 9.92. The smallest absolute Gasteiger partial charge is 0.257 e. The first-order valence-corrected chi connectivity index (χ1v) is 7.35. The van der Waals surface area contributed by atoms with Crippen molar-refractivity contribution < 1.29 is 4.79 Å². The van der Waals surface area contributed by atoms with Crippen LogP contribution >= 0.6 is 0 Å². The number of likely N-dealkylation sites (tertiary alicyclic amines) is 1. The van der Waals surface area contributed by atoms with Crippen molar-refractivity contribution in [2.24, 2.45) is 7.05 Å². The van der Waals surface area contributed by atoms with Gasteiger partial charge in [-0.2, -0.15) is 10.2 Å². The topological polar surface area (TPSA) is 66.8 Å². The summed E-state index contributed by atoms with van der Waals surface area (Å²) in [6, 6.07) is 0. The Balaban J connectivity index is 1.79. The van der Waals surface area contributed by atoms with Crippen LogP contribution in [0, 0.1) is 13.8 Å². The maximum absolute atomic E-state index is 12.7. The lowest BCUT2D eigenvalue weighted by Crippen LogP contribution is -2.39. The molecule has 6 heteroatoms. The molecular weight excluding hydrogens is 266 g/mol. The summed E-state index contributed by atoms with van der Waals surface area (Å²) in [6.07, 6.45) is 5.77. The van der Waals surface area contributed by atoms with E-state index in [1.165, 1.54) is 5.56 Å². The molecule has 0 bridgehead atoms. The third-order valence-corrected chi connectivity index (χ3v) is 4.23. The first-order valence-electron chi connectivity index (χ1n) is 7.35. The molecule has 0 radical (unpaired) electrons. The van der Waals surface area contributed by atoms with E-state index in [1.54, 1.807) is 4.68 Å². The zero-order valence-corrected chi connectivity index (χ0v) is 12.8. The summed E-state index contributed by atoms with van der Waals surface area (Å²) in [4.78, 5) is 14.6. The Kier molecular flexibility index (Phi) is 3.53. The van der Waals surface area contributed by atoms with Crippen molar-refractivity contribution in [3.8, 4) is 0 Å². The fourth-order valence-corrected chi connectivity index (χ4v) is 3.15. The third kappa shape index (κ3) is 2.57. The molecule has 1 saturated heterocycles. The Morgan fingerprint density at radius 2 is 2.24 bits per heavy atom. The molecule has 0 saturated carbocycles. The first kappa shape index (κ1) is 13.9. The number of aromatic nitrogens is 4. The summed E-state index contributed by atoms with van der Waals surface area (Å²) in [5.41, 5.74) is 3.84. The van der Waals surface area contributed by atoms with Gasteiger partial charge in [0.15, 0.2) is 0 Å². The predicted molar refractivity (Wildman–Crippen MR) is 79.1 cm³/mol. The van der Waals surface area contributed by atoms with E-state index in [9.17, 15) is 4.79 Å². The summed E-state index contributed by atoms with van der Waals surface area (Å²) in [5, 5.41) is 11.4. The molecule has 2 aromatic rings. The average Bonchev–Trinajstić information content (AvgIpc) is 3.03. The number of carbonyl (C=O) groups is 1. The Morgan fingerprint density at radius 3 is 2.86 bits per heavy atom. The Hall–Kier alpha value is -2.11. The van der Waals surface area contributed by atoms with E-state index in [0.717, 1.165) is 37.3 Å². The normalized spacial score (nSPS) is 19.0. The summed E-state index contributed by atoms with van der Waals surface area (Å²) in [7, 11) is 1.84. The van der Waals surface area contributed by atoms with E-state index >= 15 is 0 Å². The largest absolute Gasteiger partial charge is 0.338 e. The summed E-state index contributed by atoms with van der Waals surface area (Å²) >= 11 is 0. The second-order valence-electron chi connectivity index (χ2n) is 5.86. The van der Waals surface area contributed by atoms with E-state index < -0.39 is 0 Å². The van der Waals surface area contributed by atoms with Crippen LogP contribution in [0.5, 0.6) is 0 Å². The van der Waals surface area contributed by atoms with E-state index in [4.69, 9.17) is 0 Å². The molecule has 2 aromatic heterocycles. The molecule has 1 fully saturated rings. The van der Waals surface area contributed by atoms with Gasteiger partial charge in [0.25, 0.3) is 5.91 Å². The molecule has 1 amide bonds. The van der Waals surface area contributed by atoms with Gasteiger partial charge in [-0.25, -0.2) is 0 Å². The molecule has 6 nitrogen and oxygen atoms in total. The lowest BCUT2D eigenvalue weighted by Gasteiger charge is -2.32. The molecule has 1 N–H and O–H groups in total. The number of amides is 1. The van der Waals surface area contributed by atoms with Crippen molar-refractivity contribution in [3.05, 3.63) is 34.9 Å². The van der Waals surface area contributed by atoms with Gasteiger partial charge in [0.05, 0.1) is 17.5 Å². The zero-order valence-electron chi connectivity index (χ0n) is 12.8. The van der Waals surface area contributed by atoms with Gasteiger partial charge in [0.1, 0.15) is 0 Å². The van der Waals surface area contributed by atoms with Crippen LogP contribution in [-0.2, 0) is 7.05 Å². The second kappa shape index (κ2) is 5.35. The monoisotopic (exact) mass is 287 g/mol. The number of aryl methyl sites for hydroxylation is 3. The average molecular weight is 287 g/mol. The second-order valence-corrected chi connectivity index (χ2v) is 5.86. The zero-order chi connectivity index (χ0) is 15.0. The maximum atomic E-state index is 12.7. The molecule has 0 spiro atoms. The summed E-state index contributed by atoms with van der Waals surface area (Å²) < 4.78 is 1.70. The molecule has 3 heterocycles. The van der Waals surface area contributed by atoms with Gasteiger partial charge >= 0.3 is 0 Å². The highest BCUT2D eigenvalue weighted by Gasteiger charge is 2.28. The highest BCUT2D eigenvalue weighted by Crippen LogP contribution is 2.28. The minimum absolute atomic E-state index is 0.0856.